The van der Waals surface area contributed by atoms with Gasteiger partial charge >= 0.3 is 5.97 Å². The van der Waals surface area contributed by atoms with Crippen molar-refractivity contribution in [3.05, 3.63) is 11.6 Å². The number of esters is 1. The van der Waals surface area contributed by atoms with Crippen molar-refractivity contribution in [2.45, 2.75) is 64.9 Å². The molecule has 0 aliphatic carbocycles. The zero-order valence-corrected chi connectivity index (χ0v) is 9.92. The van der Waals surface area contributed by atoms with Crippen LogP contribution in [0.25, 0.3) is 0 Å². The fourth-order valence-corrected chi connectivity index (χ4v) is 1.84. The minimum Gasteiger partial charge on any atom is -0.459 e. The van der Waals surface area contributed by atoms with Gasteiger partial charge < -0.3 is 4.74 Å². The van der Waals surface area contributed by atoms with Crippen LogP contribution in [0.2, 0.25) is 0 Å². The molecule has 86 valence electrons. The van der Waals surface area contributed by atoms with Crippen LogP contribution in [0.4, 0.5) is 0 Å². The third-order valence-electron chi connectivity index (χ3n) is 2.81. The molecule has 2 nitrogen and oxygen atoms in total. The van der Waals surface area contributed by atoms with E-state index in [1.54, 1.807) is 0 Å². The maximum Gasteiger partial charge on any atom is 0.334 e. The molecular formula is C13H22O2. The van der Waals surface area contributed by atoms with Gasteiger partial charge in [0.25, 0.3) is 0 Å². The van der Waals surface area contributed by atoms with Gasteiger partial charge in [-0.25, -0.2) is 4.79 Å². The first-order valence-electron chi connectivity index (χ1n) is 6.18. The van der Waals surface area contributed by atoms with Gasteiger partial charge in [-0.1, -0.05) is 45.6 Å². The molecule has 1 aliphatic heterocycles. The molecule has 1 aliphatic rings. The zero-order valence-electron chi connectivity index (χ0n) is 9.92. The minimum absolute atomic E-state index is 0.0767. The van der Waals surface area contributed by atoms with Crippen LogP contribution in [0.3, 0.4) is 0 Å². The van der Waals surface area contributed by atoms with Crippen LogP contribution in [-0.4, -0.2) is 12.1 Å². The first kappa shape index (κ1) is 12.3. The number of hydrogen-bond acceptors (Lipinski definition) is 2. The Hall–Kier alpha value is -0.790. The zero-order chi connectivity index (χ0) is 11.1. The first-order valence-corrected chi connectivity index (χ1v) is 6.18. The number of cyclic esters (lactones) is 1. The van der Waals surface area contributed by atoms with E-state index in [2.05, 4.69) is 19.9 Å². The molecule has 2 heteroatoms. The molecule has 0 spiro atoms. The van der Waals surface area contributed by atoms with Crippen molar-refractivity contribution in [2.75, 3.05) is 0 Å². The Morgan fingerprint density at radius 1 is 1.33 bits per heavy atom. The van der Waals surface area contributed by atoms with Crippen molar-refractivity contribution in [2.24, 2.45) is 0 Å². The summed E-state index contributed by atoms with van der Waals surface area (Å²) in [6.45, 7) is 4.32. The standard InChI is InChI=1S/C13H22O2/c1-3-5-7-8-11-10-12(9-6-4-2)15-13(11)14/h8,12H,3-7,9-10H2,1-2H3. The Morgan fingerprint density at radius 2 is 2.07 bits per heavy atom. The summed E-state index contributed by atoms with van der Waals surface area (Å²) >= 11 is 0. The lowest BCUT2D eigenvalue weighted by molar-refractivity contribution is -0.139. The molecule has 0 aromatic carbocycles. The molecule has 1 unspecified atom stereocenters. The van der Waals surface area contributed by atoms with Crippen LogP contribution in [0.15, 0.2) is 11.6 Å². The Morgan fingerprint density at radius 3 is 2.73 bits per heavy atom. The predicted octanol–water partition coefficient (Wildman–Crippen LogP) is 3.61. The van der Waals surface area contributed by atoms with Crippen LogP contribution in [0.5, 0.6) is 0 Å². The topological polar surface area (TPSA) is 26.3 Å². The maximum absolute atomic E-state index is 11.5. The minimum atomic E-state index is -0.0767. The van der Waals surface area contributed by atoms with E-state index in [-0.39, 0.29) is 12.1 Å². The van der Waals surface area contributed by atoms with E-state index in [9.17, 15) is 4.79 Å². The second-order valence-corrected chi connectivity index (χ2v) is 4.25. The summed E-state index contributed by atoms with van der Waals surface area (Å²) in [4.78, 5) is 11.5. The largest absolute Gasteiger partial charge is 0.459 e. The number of allylic oxidation sites excluding steroid dienone is 1. The lowest BCUT2D eigenvalue weighted by atomic mass is 10.1. The quantitative estimate of drug-likeness (QED) is 0.380. The van der Waals surface area contributed by atoms with Crippen LogP contribution >= 0.6 is 0 Å². The van der Waals surface area contributed by atoms with Gasteiger partial charge in [0.05, 0.1) is 0 Å². The number of carbonyl (C=O) groups is 1. The molecule has 0 bridgehead atoms. The van der Waals surface area contributed by atoms with E-state index in [4.69, 9.17) is 4.74 Å². The average molecular weight is 210 g/mol. The van der Waals surface area contributed by atoms with Gasteiger partial charge in [-0.2, -0.15) is 0 Å². The van der Waals surface area contributed by atoms with Gasteiger partial charge in [-0.05, 0) is 12.8 Å². The highest BCUT2D eigenvalue weighted by molar-refractivity contribution is 5.90. The smallest absolute Gasteiger partial charge is 0.334 e. The third kappa shape index (κ3) is 4.06. The van der Waals surface area contributed by atoms with Crippen LogP contribution in [0, 0.1) is 0 Å². The monoisotopic (exact) mass is 210 g/mol. The number of carbonyl (C=O) groups excluding carboxylic acids is 1. The molecule has 0 aromatic heterocycles. The molecule has 1 atom stereocenters. The normalized spacial score (nSPS) is 23.5. The SMILES string of the molecule is CCCCC=C1CC(CCCC)OC1=O. The second-order valence-electron chi connectivity index (χ2n) is 4.25. The van der Waals surface area contributed by atoms with Crippen molar-refractivity contribution in [3.8, 4) is 0 Å². The van der Waals surface area contributed by atoms with Crippen molar-refractivity contribution < 1.29 is 9.53 Å². The molecule has 15 heavy (non-hydrogen) atoms. The summed E-state index contributed by atoms with van der Waals surface area (Å²) in [5.74, 6) is -0.0767. The van der Waals surface area contributed by atoms with Crippen molar-refractivity contribution in [3.63, 3.8) is 0 Å². The predicted molar refractivity (Wildman–Crippen MR) is 61.6 cm³/mol. The van der Waals surface area contributed by atoms with E-state index in [1.165, 1.54) is 12.8 Å². The summed E-state index contributed by atoms with van der Waals surface area (Å²) in [5.41, 5.74) is 0.907. The molecule has 1 heterocycles. The van der Waals surface area contributed by atoms with Gasteiger partial charge in [0.2, 0.25) is 0 Å². The van der Waals surface area contributed by atoms with Gasteiger partial charge in [-0.15, -0.1) is 0 Å². The van der Waals surface area contributed by atoms with E-state index in [1.807, 2.05) is 0 Å². The van der Waals surface area contributed by atoms with E-state index in [0.29, 0.717) is 0 Å². The molecular weight excluding hydrogens is 188 g/mol. The van der Waals surface area contributed by atoms with E-state index >= 15 is 0 Å². The first-order chi connectivity index (χ1) is 7.27. The summed E-state index contributed by atoms with van der Waals surface area (Å²) in [6.07, 6.45) is 9.76. The van der Waals surface area contributed by atoms with Crippen LogP contribution in [-0.2, 0) is 9.53 Å². The summed E-state index contributed by atoms with van der Waals surface area (Å²) in [6, 6.07) is 0. The Labute approximate surface area is 92.7 Å². The Bertz CT molecular complexity index is 231. The molecule has 0 radical (unpaired) electrons. The summed E-state index contributed by atoms with van der Waals surface area (Å²) < 4.78 is 5.30. The molecule has 0 saturated carbocycles. The van der Waals surface area contributed by atoms with E-state index in [0.717, 1.165) is 37.7 Å². The van der Waals surface area contributed by atoms with Crippen molar-refractivity contribution in [1.29, 1.82) is 0 Å². The lowest BCUT2D eigenvalue weighted by Crippen LogP contribution is -2.05. The third-order valence-corrected chi connectivity index (χ3v) is 2.81. The highest BCUT2D eigenvalue weighted by Gasteiger charge is 2.27. The van der Waals surface area contributed by atoms with Crippen LogP contribution in [0.1, 0.15) is 58.8 Å². The summed E-state index contributed by atoms with van der Waals surface area (Å²) in [7, 11) is 0. The van der Waals surface area contributed by atoms with Crippen molar-refractivity contribution in [1.82, 2.24) is 0 Å². The molecule has 1 saturated heterocycles. The van der Waals surface area contributed by atoms with Gasteiger partial charge in [0.15, 0.2) is 0 Å². The molecule has 0 amide bonds. The fourth-order valence-electron chi connectivity index (χ4n) is 1.84. The molecule has 1 rings (SSSR count). The average Bonchev–Trinajstić information content (AvgIpc) is 2.57. The van der Waals surface area contributed by atoms with Gasteiger partial charge in [-0.3, -0.25) is 0 Å². The number of unbranched alkanes of at least 4 members (excludes halogenated alkanes) is 3. The Balaban J connectivity index is 2.35. The molecule has 1 fully saturated rings. The second kappa shape index (κ2) is 6.65. The lowest BCUT2D eigenvalue weighted by Gasteiger charge is -2.05. The maximum atomic E-state index is 11.5. The number of rotatable bonds is 6. The van der Waals surface area contributed by atoms with Gasteiger partial charge in [0.1, 0.15) is 6.10 Å². The van der Waals surface area contributed by atoms with E-state index < -0.39 is 0 Å². The van der Waals surface area contributed by atoms with Crippen LogP contribution < -0.4 is 0 Å². The molecule has 0 N–H and O–H groups in total. The number of hydrogen-bond donors (Lipinski definition) is 0. The highest BCUT2D eigenvalue weighted by atomic mass is 16.5. The Kier molecular flexibility index (Phi) is 5.44. The number of ether oxygens (including phenoxy) is 1. The van der Waals surface area contributed by atoms with Crippen molar-refractivity contribution >= 4 is 5.97 Å². The van der Waals surface area contributed by atoms with Gasteiger partial charge in [0, 0.05) is 12.0 Å². The fraction of sp³-hybridized carbons (Fsp3) is 0.769. The molecule has 0 aromatic rings. The summed E-state index contributed by atoms with van der Waals surface area (Å²) in [5, 5.41) is 0. The highest BCUT2D eigenvalue weighted by Crippen LogP contribution is 2.24.